The molecule has 2 aromatic rings. The molecular weight excluding hydrogens is 321 g/mol. The van der Waals surface area contributed by atoms with Gasteiger partial charge in [-0.25, -0.2) is 17.6 Å². The Labute approximate surface area is 132 Å². The van der Waals surface area contributed by atoms with Gasteiger partial charge in [0.05, 0.1) is 16.1 Å². The highest BCUT2D eigenvalue weighted by atomic mass is 32.2. The number of sulfonamides is 1. The van der Waals surface area contributed by atoms with E-state index >= 15 is 0 Å². The lowest BCUT2D eigenvalue weighted by Gasteiger charge is -2.13. The molecule has 1 aliphatic rings. The molecule has 0 saturated heterocycles. The van der Waals surface area contributed by atoms with Crippen LogP contribution in [0.25, 0.3) is 0 Å². The number of rotatable bonds is 4. The first-order valence-corrected chi connectivity index (χ1v) is 8.53. The van der Waals surface area contributed by atoms with Crippen molar-refractivity contribution in [2.75, 3.05) is 4.72 Å². The zero-order valence-corrected chi connectivity index (χ0v) is 12.9. The summed E-state index contributed by atoms with van der Waals surface area (Å²) in [5, 5.41) is 9.16. The molecule has 0 fully saturated rings. The Hall–Kier alpha value is -2.41. The average molecular weight is 335 g/mol. The van der Waals surface area contributed by atoms with Gasteiger partial charge in [-0.15, -0.1) is 0 Å². The predicted octanol–water partition coefficient (Wildman–Crippen LogP) is 2.81. The molecule has 23 heavy (non-hydrogen) atoms. The zero-order chi connectivity index (χ0) is 16.6. The third-order valence-corrected chi connectivity index (χ3v) is 5.26. The molecule has 0 aromatic heterocycles. The summed E-state index contributed by atoms with van der Waals surface area (Å²) in [6, 6.07) is 8.07. The van der Waals surface area contributed by atoms with E-state index < -0.39 is 21.8 Å². The Morgan fingerprint density at radius 3 is 2.61 bits per heavy atom. The maximum atomic E-state index is 13.7. The van der Waals surface area contributed by atoms with Crippen molar-refractivity contribution >= 4 is 21.7 Å². The fourth-order valence-electron chi connectivity index (χ4n) is 2.77. The molecule has 120 valence electrons. The number of fused-ring (bicyclic) bond motifs is 1. The molecule has 1 aliphatic carbocycles. The van der Waals surface area contributed by atoms with Crippen molar-refractivity contribution in [2.24, 2.45) is 0 Å². The molecule has 0 aliphatic heterocycles. The van der Waals surface area contributed by atoms with Crippen LogP contribution in [0, 0.1) is 5.82 Å². The van der Waals surface area contributed by atoms with Crippen LogP contribution in [-0.2, 0) is 22.9 Å². The van der Waals surface area contributed by atoms with Crippen LogP contribution in [0.5, 0.6) is 0 Å². The van der Waals surface area contributed by atoms with Gasteiger partial charge in [-0.2, -0.15) is 0 Å². The topological polar surface area (TPSA) is 83.5 Å². The SMILES string of the molecule is O=C(O)c1cc2c(c(S(=O)(=O)Nc3ccccc3F)c1)CCC2. The Bertz CT molecular complexity index is 893. The average Bonchev–Trinajstić information content (AvgIpc) is 2.96. The second-order valence-corrected chi connectivity index (χ2v) is 7.01. The number of hydrogen-bond donors (Lipinski definition) is 2. The van der Waals surface area contributed by atoms with Gasteiger partial charge in [-0.1, -0.05) is 12.1 Å². The van der Waals surface area contributed by atoms with Crippen molar-refractivity contribution in [3.63, 3.8) is 0 Å². The number of aryl methyl sites for hydroxylation is 1. The largest absolute Gasteiger partial charge is 0.478 e. The van der Waals surface area contributed by atoms with Crippen LogP contribution in [0.3, 0.4) is 0 Å². The number of hydrogen-bond acceptors (Lipinski definition) is 3. The van der Waals surface area contributed by atoms with E-state index in [0.717, 1.165) is 24.1 Å². The summed E-state index contributed by atoms with van der Waals surface area (Å²) >= 11 is 0. The van der Waals surface area contributed by atoms with E-state index in [4.69, 9.17) is 5.11 Å². The first-order valence-electron chi connectivity index (χ1n) is 7.05. The summed E-state index contributed by atoms with van der Waals surface area (Å²) in [4.78, 5) is 11.1. The minimum atomic E-state index is -4.07. The van der Waals surface area contributed by atoms with Crippen LogP contribution in [0.2, 0.25) is 0 Å². The molecule has 0 amide bonds. The van der Waals surface area contributed by atoms with E-state index in [1.165, 1.54) is 24.3 Å². The van der Waals surface area contributed by atoms with E-state index in [1.54, 1.807) is 0 Å². The van der Waals surface area contributed by atoms with Crippen LogP contribution in [0.4, 0.5) is 10.1 Å². The van der Waals surface area contributed by atoms with E-state index in [2.05, 4.69) is 4.72 Å². The van der Waals surface area contributed by atoms with Crippen molar-refractivity contribution < 1.29 is 22.7 Å². The third kappa shape index (κ3) is 2.92. The van der Waals surface area contributed by atoms with Gasteiger partial charge in [0.2, 0.25) is 0 Å². The number of halogens is 1. The maximum Gasteiger partial charge on any atom is 0.335 e. The summed E-state index contributed by atoms with van der Waals surface area (Å²) in [6.45, 7) is 0. The minimum absolute atomic E-state index is 0.0837. The molecule has 5 nitrogen and oxygen atoms in total. The normalized spacial score (nSPS) is 13.6. The Kier molecular flexibility index (Phi) is 3.81. The molecule has 0 spiro atoms. The zero-order valence-electron chi connectivity index (χ0n) is 12.0. The second kappa shape index (κ2) is 5.66. The van der Waals surface area contributed by atoms with Gasteiger partial charge >= 0.3 is 5.97 Å². The molecule has 7 heteroatoms. The quantitative estimate of drug-likeness (QED) is 0.900. The number of carbonyl (C=O) groups is 1. The first kappa shape index (κ1) is 15.5. The Morgan fingerprint density at radius 2 is 1.91 bits per heavy atom. The highest BCUT2D eigenvalue weighted by Crippen LogP contribution is 2.31. The lowest BCUT2D eigenvalue weighted by atomic mass is 10.1. The smallest absolute Gasteiger partial charge is 0.335 e. The molecule has 0 unspecified atom stereocenters. The fourth-order valence-corrected chi connectivity index (χ4v) is 4.18. The van der Waals surface area contributed by atoms with Crippen LogP contribution < -0.4 is 4.72 Å². The molecule has 3 rings (SSSR count). The van der Waals surface area contributed by atoms with E-state index in [0.29, 0.717) is 18.4 Å². The number of aromatic carboxylic acids is 1. The summed E-state index contributed by atoms with van der Waals surface area (Å²) in [5.74, 6) is -1.89. The molecule has 0 radical (unpaired) electrons. The molecule has 2 aromatic carbocycles. The standard InChI is InChI=1S/C16H14FNO4S/c17-13-6-1-2-7-14(13)18-23(21,22)15-9-11(16(19)20)8-10-4-3-5-12(10)15/h1-2,6-9,18H,3-5H2,(H,19,20). The number of para-hydroxylation sites is 1. The summed E-state index contributed by atoms with van der Waals surface area (Å²) in [7, 11) is -4.07. The number of benzene rings is 2. The highest BCUT2D eigenvalue weighted by molar-refractivity contribution is 7.92. The summed E-state index contributed by atoms with van der Waals surface area (Å²) in [5.41, 5.74) is 1.08. The number of anilines is 1. The Morgan fingerprint density at radius 1 is 1.17 bits per heavy atom. The van der Waals surface area contributed by atoms with Crippen LogP contribution >= 0.6 is 0 Å². The number of carboxylic acids is 1. The van der Waals surface area contributed by atoms with Gasteiger partial charge in [0, 0.05) is 0 Å². The first-order chi connectivity index (χ1) is 10.9. The second-order valence-electron chi connectivity index (χ2n) is 5.36. The van der Waals surface area contributed by atoms with Gasteiger partial charge in [-0.05, 0) is 54.7 Å². The summed E-state index contributed by atoms with van der Waals surface area (Å²) in [6.07, 6.45) is 1.96. The lowest BCUT2D eigenvalue weighted by molar-refractivity contribution is 0.0696. The Balaban J connectivity index is 2.10. The summed E-state index contributed by atoms with van der Waals surface area (Å²) < 4.78 is 41.1. The number of carboxylic acid groups (broad SMARTS) is 1. The van der Waals surface area contributed by atoms with E-state index in [9.17, 15) is 17.6 Å². The van der Waals surface area contributed by atoms with E-state index in [-0.39, 0.29) is 16.1 Å². The lowest BCUT2D eigenvalue weighted by Crippen LogP contribution is -2.17. The van der Waals surface area contributed by atoms with Gasteiger partial charge in [-0.3, -0.25) is 4.72 Å². The van der Waals surface area contributed by atoms with Crippen molar-refractivity contribution in [3.8, 4) is 0 Å². The van der Waals surface area contributed by atoms with Crippen LogP contribution in [0.15, 0.2) is 41.3 Å². The molecular formula is C16H14FNO4S. The third-order valence-electron chi connectivity index (χ3n) is 3.83. The predicted molar refractivity (Wildman–Crippen MR) is 82.6 cm³/mol. The number of nitrogens with one attached hydrogen (secondary N) is 1. The van der Waals surface area contributed by atoms with Crippen molar-refractivity contribution in [1.82, 2.24) is 0 Å². The monoisotopic (exact) mass is 335 g/mol. The van der Waals surface area contributed by atoms with Gasteiger partial charge < -0.3 is 5.11 Å². The van der Waals surface area contributed by atoms with Gasteiger partial charge in [0.1, 0.15) is 5.82 Å². The van der Waals surface area contributed by atoms with Crippen molar-refractivity contribution in [3.05, 3.63) is 58.9 Å². The van der Waals surface area contributed by atoms with E-state index in [1.807, 2.05) is 0 Å². The van der Waals surface area contributed by atoms with Crippen molar-refractivity contribution in [2.45, 2.75) is 24.2 Å². The van der Waals surface area contributed by atoms with Gasteiger partial charge in [0.25, 0.3) is 10.0 Å². The molecule has 0 heterocycles. The van der Waals surface area contributed by atoms with Gasteiger partial charge in [0.15, 0.2) is 0 Å². The van der Waals surface area contributed by atoms with Crippen LogP contribution in [-0.4, -0.2) is 19.5 Å². The fraction of sp³-hybridized carbons (Fsp3) is 0.188. The molecule has 0 saturated carbocycles. The molecule has 0 atom stereocenters. The molecule has 2 N–H and O–H groups in total. The van der Waals surface area contributed by atoms with Crippen molar-refractivity contribution in [1.29, 1.82) is 0 Å². The molecule has 0 bridgehead atoms. The van der Waals surface area contributed by atoms with Crippen LogP contribution in [0.1, 0.15) is 27.9 Å². The maximum absolute atomic E-state index is 13.7. The highest BCUT2D eigenvalue weighted by Gasteiger charge is 2.26. The minimum Gasteiger partial charge on any atom is -0.478 e.